The molecule has 2 aliphatic rings. The van der Waals surface area contributed by atoms with E-state index in [0.29, 0.717) is 24.8 Å². The first-order valence-electron chi connectivity index (χ1n) is 10.6. The van der Waals surface area contributed by atoms with Gasteiger partial charge in [-0.25, -0.2) is 4.39 Å². The Hall–Kier alpha value is -3.75. The fourth-order valence-corrected chi connectivity index (χ4v) is 4.87. The molecule has 9 heteroatoms. The predicted molar refractivity (Wildman–Crippen MR) is 115 cm³/mol. The van der Waals surface area contributed by atoms with Crippen LogP contribution in [0.1, 0.15) is 15.9 Å². The minimum absolute atomic E-state index is 0.00912. The zero-order valence-electron chi connectivity index (χ0n) is 17.5. The van der Waals surface area contributed by atoms with Crippen LogP contribution in [0.15, 0.2) is 53.2 Å². The molecule has 0 saturated carbocycles. The number of carbonyl (C=O) groups is 1. The predicted octanol–water partition coefficient (Wildman–Crippen LogP) is 3.06. The van der Waals surface area contributed by atoms with E-state index >= 15 is 0 Å². The molecule has 2 atom stereocenters. The number of fused-ring (bicyclic) bond motifs is 2. The van der Waals surface area contributed by atoms with E-state index in [1.165, 1.54) is 23.3 Å². The van der Waals surface area contributed by atoms with Crippen LogP contribution in [-0.2, 0) is 0 Å². The van der Waals surface area contributed by atoms with Crippen molar-refractivity contribution in [2.24, 2.45) is 11.8 Å². The second kappa shape index (κ2) is 7.15. The average Bonchev–Trinajstić information content (AvgIpc) is 3.55. The summed E-state index contributed by atoms with van der Waals surface area (Å²) in [6.07, 6.45) is 3.00. The van der Waals surface area contributed by atoms with Gasteiger partial charge in [-0.05, 0) is 36.8 Å². The molecule has 0 spiro atoms. The highest BCUT2D eigenvalue weighted by Gasteiger charge is 2.43. The lowest BCUT2D eigenvalue weighted by Crippen LogP contribution is -2.34. The van der Waals surface area contributed by atoms with Crippen LogP contribution in [0.3, 0.4) is 0 Å². The van der Waals surface area contributed by atoms with E-state index in [2.05, 4.69) is 20.1 Å². The number of nitrogens with zero attached hydrogens (tertiary/aromatic N) is 6. The molecule has 6 rings (SSSR count). The number of oxazole rings is 1. The van der Waals surface area contributed by atoms with Gasteiger partial charge in [0, 0.05) is 38.0 Å². The van der Waals surface area contributed by atoms with Gasteiger partial charge in [0.1, 0.15) is 22.6 Å². The molecule has 2 aromatic heterocycles. The third-order valence-corrected chi connectivity index (χ3v) is 6.42. The molecule has 2 aliphatic heterocycles. The summed E-state index contributed by atoms with van der Waals surface area (Å²) in [5.74, 6) is -0.318. The van der Waals surface area contributed by atoms with E-state index in [-0.39, 0.29) is 23.3 Å². The SMILES string of the molecule is Cc1ccc2oc(N3CC4CN(C(=O)c5c(F)cccc5-n5nccn5)CC4C3)nc2c1. The Morgan fingerprint density at radius 3 is 2.56 bits per heavy atom. The molecule has 2 unspecified atom stereocenters. The quantitative estimate of drug-likeness (QED) is 0.495. The Balaban J connectivity index is 1.21. The number of likely N-dealkylation sites (tertiary alicyclic amines) is 1. The van der Waals surface area contributed by atoms with Crippen molar-refractivity contribution in [1.82, 2.24) is 24.9 Å². The molecular formula is C23H21FN6O2. The van der Waals surface area contributed by atoms with Crippen LogP contribution in [0.4, 0.5) is 10.4 Å². The Morgan fingerprint density at radius 1 is 1.06 bits per heavy atom. The molecule has 32 heavy (non-hydrogen) atoms. The maximum atomic E-state index is 14.7. The van der Waals surface area contributed by atoms with Crippen LogP contribution in [0.5, 0.6) is 0 Å². The standard InChI is InChI=1S/C23H21FN6O2/c1-14-5-6-20-18(9-14)27-23(32-20)29-12-15-10-28(11-16(15)13-29)22(31)21-17(24)3-2-4-19(21)30-25-7-8-26-30/h2-9,15-16H,10-13H2,1H3. The largest absolute Gasteiger partial charge is 0.423 e. The topological polar surface area (TPSA) is 80.3 Å². The number of benzene rings is 2. The molecule has 0 bridgehead atoms. The summed E-state index contributed by atoms with van der Waals surface area (Å²) >= 11 is 0. The van der Waals surface area contributed by atoms with Gasteiger partial charge >= 0.3 is 0 Å². The number of anilines is 1. The first kappa shape index (κ1) is 19.0. The van der Waals surface area contributed by atoms with Crippen molar-refractivity contribution in [1.29, 1.82) is 0 Å². The lowest BCUT2D eigenvalue weighted by molar-refractivity contribution is 0.0777. The lowest BCUT2D eigenvalue weighted by atomic mass is 10.0. The number of aryl methyl sites for hydroxylation is 1. The van der Waals surface area contributed by atoms with Gasteiger partial charge in [0.25, 0.3) is 11.9 Å². The van der Waals surface area contributed by atoms with Crippen LogP contribution in [0, 0.1) is 24.6 Å². The number of aromatic nitrogens is 4. The normalized spacial score (nSPS) is 20.3. The third kappa shape index (κ3) is 3.04. The summed E-state index contributed by atoms with van der Waals surface area (Å²) in [4.78, 5) is 23.1. The number of hydrogen-bond acceptors (Lipinski definition) is 6. The minimum atomic E-state index is -0.565. The first-order chi connectivity index (χ1) is 15.6. The van der Waals surface area contributed by atoms with Crippen molar-refractivity contribution in [3.8, 4) is 5.69 Å². The summed E-state index contributed by atoms with van der Waals surface area (Å²) < 4.78 is 20.7. The molecule has 8 nitrogen and oxygen atoms in total. The fourth-order valence-electron chi connectivity index (χ4n) is 4.87. The second-order valence-corrected chi connectivity index (χ2v) is 8.56. The van der Waals surface area contributed by atoms with Gasteiger partial charge < -0.3 is 14.2 Å². The molecule has 2 saturated heterocycles. The summed E-state index contributed by atoms with van der Waals surface area (Å²) in [7, 11) is 0. The lowest BCUT2D eigenvalue weighted by Gasteiger charge is -2.22. The second-order valence-electron chi connectivity index (χ2n) is 8.56. The fraction of sp³-hybridized carbons (Fsp3) is 0.304. The molecule has 0 N–H and O–H groups in total. The number of carbonyl (C=O) groups excluding carboxylic acids is 1. The van der Waals surface area contributed by atoms with E-state index in [1.807, 2.05) is 25.1 Å². The van der Waals surface area contributed by atoms with Crippen molar-refractivity contribution < 1.29 is 13.6 Å². The zero-order valence-corrected chi connectivity index (χ0v) is 17.5. The summed E-state index contributed by atoms with van der Waals surface area (Å²) in [5.41, 5.74) is 3.13. The summed E-state index contributed by atoms with van der Waals surface area (Å²) in [5, 5.41) is 8.13. The van der Waals surface area contributed by atoms with Gasteiger partial charge in [-0.3, -0.25) is 4.79 Å². The smallest absolute Gasteiger partial charge is 0.298 e. The molecular weight excluding hydrogens is 411 g/mol. The maximum Gasteiger partial charge on any atom is 0.298 e. The summed E-state index contributed by atoms with van der Waals surface area (Å²) in [6.45, 7) is 4.68. The number of amides is 1. The Labute approximate surface area is 183 Å². The first-order valence-corrected chi connectivity index (χ1v) is 10.6. The molecule has 0 aliphatic carbocycles. The van der Waals surface area contributed by atoms with Crippen molar-refractivity contribution in [3.05, 3.63) is 65.7 Å². The highest BCUT2D eigenvalue weighted by atomic mass is 19.1. The molecule has 4 aromatic rings. The van der Waals surface area contributed by atoms with E-state index < -0.39 is 5.82 Å². The van der Waals surface area contributed by atoms with Crippen molar-refractivity contribution in [3.63, 3.8) is 0 Å². The van der Waals surface area contributed by atoms with Gasteiger partial charge in [-0.1, -0.05) is 12.1 Å². The molecule has 4 heterocycles. The van der Waals surface area contributed by atoms with Crippen molar-refractivity contribution in [2.75, 3.05) is 31.1 Å². The van der Waals surface area contributed by atoms with Gasteiger partial charge in [-0.15, -0.1) is 0 Å². The van der Waals surface area contributed by atoms with Crippen LogP contribution in [0.2, 0.25) is 0 Å². The molecule has 1 amide bonds. The van der Waals surface area contributed by atoms with E-state index in [0.717, 1.165) is 29.8 Å². The van der Waals surface area contributed by atoms with Crippen molar-refractivity contribution >= 4 is 23.0 Å². The summed E-state index contributed by atoms with van der Waals surface area (Å²) in [6, 6.07) is 11.1. The Morgan fingerprint density at radius 2 is 1.81 bits per heavy atom. The van der Waals surface area contributed by atoms with Crippen LogP contribution >= 0.6 is 0 Å². The van der Waals surface area contributed by atoms with Gasteiger partial charge in [-0.2, -0.15) is 20.0 Å². The number of halogens is 1. The minimum Gasteiger partial charge on any atom is -0.423 e. The average molecular weight is 432 g/mol. The molecule has 0 radical (unpaired) electrons. The molecule has 2 aromatic carbocycles. The van der Waals surface area contributed by atoms with Crippen molar-refractivity contribution in [2.45, 2.75) is 6.92 Å². The van der Waals surface area contributed by atoms with Gasteiger partial charge in [0.05, 0.1) is 12.4 Å². The molecule has 162 valence electrons. The van der Waals surface area contributed by atoms with E-state index in [9.17, 15) is 9.18 Å². The van der Waals surface area contributed by atoms with Gasteiger partial charge in [0.2, 0.25) is 0 Å². The van der Waals surface area contributed by atoms with Gasteiger partial charge in [0.15, 0.2) is 5.58 Å². The van der Waals surface area contributed by atoms with Crippen LogP contribution < -0.4 is 4.90 Å². The Kier molecular flexibility index (Phi) is 4.24. The highest BCUT2D eigenvalue weighted by molar-refractivity contribution is 5.98. The monoisotopic (exact) mass is 432 g/mol. The maximum absolute atomic E-state index is 14.7. The van der Waals surface area contributed by atoms with Crippen LogP contribution in [0.25, 0.3) is 16.8 Å². The van der Waals surface area contributed by atoms with E-state index in [4.69, 9.17) is 4.42 Å². The Bertz CT molecular complexity index is 1300. The number of rotatable bonds is 3. The highest BCUT2D eigenvalue weighted by Crippen LogP contribution is 2.36. The number of hydrogen-bond donors (Lipinski definition) is 0. The zero-order chi connectivity index (χ0) is 21.8. The third-order valence-electron chi connectivity index (χ3n) is 6.42. The molecule has 2 fully saturated rings. The van der Waals surface area contributed by atoms with E-state index in [1.54, 1.807) is 17.0 Å². The van der Waals surface area contributed by atoms with Crippen LogP contribution in [-0.4, -0.2) is 57.0 Å².